The van der Waals surface area contributed by atoms with Crippen molar-refractivity contribution in [2.45, 2.75) is 91.6 Å². The van der Waals surface area contributed by atoms with Crippen LogP contribution in [0.25, 0.3) is 0 Å². The van der Waals surface area contributed by atoms with Crippen molar-refractivity contribution in [2.75, 3.05) is 0 Å². The first kappa shape index (κ1) is 16.5. The zero-order valence-corrected chi connectivity index (χ0v) is 13.6. The van der Waals surface area contributed by atoms with Gasteiger partial charge in [-0.1, -0.05) is 39.5 Å². The molecule has 19 heavy (non-hydrogen) atoms. The van der Waals surface area contributed by atoms with Gasteiger partial charge in [-0.05, 0) is 52.4 Å². The van der Waals surface area contributed by atoms with Crippen LogP contribution in [-0.4, -0.2) is 11.6 Å². The summed E-state index contributed by atoms with van der Waals surface area (Å²) in [5.41, 5.74) is -0.609. The lowest BCUT2D eigenvalue weighted by atomic mass is 9.75. The topological polar surface area (TPSA) is 26.3 Å². The number of esters is 1. The van der Waals surface area contributed by atoms with E-state index in [0.717, 1.165) is 19.3 Å². The molecule has 0 N–H and O–H groups in total. The average molecular weight is 268 g/mol. The molecule has 1 aliphatic carbocycles. The molecule has 2 heteroatoms. The van der Waals surface area contributed by atoms with Crippen molar-refractivity contribution >= 4 is 5.97 Å². The molecule has 1 fully saturated rings. The van der Waals surface area contributed by atoms with E-state index in [-0.39, 0.29) is 17.0 Å². The van der Waals surface area contributed by atoms with Crippen molar-refractivity contribution < 1.29 is 9.53 Å². The minimum atomic E-state index is -0.357. The molecule has 0 aliphatic heterocycles. The van der Waals surface area contributed by atoms with Crippen molar-refractivity contribution in [3.63, 3.8) is 0 Å². The van der Waals surface area contributed by atoms with Crippen molar-refractivity contribution in [1.29, 1.82) is 0 Å². The normalized spacial score (nSPS) is 20.9. The van der Waals surface area contributed by atoms with Crippen LogP contribution < -0.4 is 0 Å². The third-order valence-corrected chi connectivity index (χ3v) is 4.98. The first-order valence-electron chi connectivity index (χ1n) is 8.09. The van der Waals surface area contributed by atoms with Crippen LogP contribution in [0.3, 0.4) is 0 Å². The van der Waals surface area contributed by atoms with Gasteiger partial charge in [0.05, 0.1) is 5.41 Å². The molecular formula is C17H32O2. The summed E-state index contributed by atoms with van der Waals surface area (Å²) < 4.78 is 6.03. The summed E-state index contributed by atoms with van der Waals surface area (Å²) in [6.45, 7) is 10.4. The number of rotatable bonds is 6. The van der Waals surface area contributed by atoms with E-state index in [4.69, 9.17) is 4.74 Å². The Labute approximate surface area is 119 Å². The minimum absolute atomic E-state index is 0.0171. The first-order chi connectivity index (χ1) is 8.85. The fourth-order valence-electron chi connectivity index (χ4n) is 3.04. The second kappa shape index (κ2) is 6.76. The Morgan fingerprint density at radius 2 is 1.68 bits per heavy atom. The highest BCUT2D eigenvalue weighted by atomic mass is 16.6. The molecule has 0 saturated heterocycles. The van der Waals surface area contributed by atoms with Crippen LogP contribution in [0.2, 0.25) is 0 Å². The summed E-state index contributed by atoms with van der Waals surface area (Å²) in [6.07, 6.45) is 9.26. The van der Waals surface area contributed by atoms with Gasteiger partial charge >= 0.3 is 5.97 Å². The number of ether oxygens (including phenoxy) is 1. The molecule has 0 aromatic rings. The summed E-state index contributed by atoms with van der Waals surface area (Å²) in [5.74, 6) is 0.536. The molecule has 0 bridgehead atoms. The molecule has 0 radical (unpaired) electrons. The summed E-state index contributed by atoms with van der Waals surface area (Å²) >= 11 is 0. The summed E-state index contributed by atoms with van der Waals surface area (Å²) in [6, 6.07) is 0. The number of hydrogen-bond donors (Lipinski definition) is 0. The summed E-state index contributed by atoms with van der Waals surface area (Å²) in [5, 5.41) is 0. The smallest absolute Gasteiger partial charge is 0.312 e. The van der Waals surface area contributed by atoms with Crippen LogP contribution in [0.4, 0.5) is 0 Å². The molecule has 1 atom stereocenters. The average Bonchev–Trinajstić information content (AvgIpc) is 2.40. The number of carbonyl (C=O) groups is 1. The van der Waals surface area contributed by atoms with Crippen molar-refractivity contribution in [3.8, 4) is 0 Å². The lowest BCUT2D eigenvalue weighted by molar-refractivity contribution is -0.177. The molecule has 1 saturated carbocycles. The Balaban J connectivity index is 2.77. The van der Waals surface area contributed by atoms with Gasteiger partial charge in [-0.25, -0.2) is 0 Å². The maximum Gasteiger partial charge on any atom is 0.312 e. The second-order valence-electron chi connectivity index (χ2n) is 7.02. The molecule has 0 aromatic heterocycles. The fraction of sp³-hybridized carbons (Fsp3) is 0.941. The number of hydrogen-bond acceptors (Lipinski definition) is 2. The lowest BCUT2D eigenvalue weighted by Gasteiger charge is -2.41. The number of carbonyl (C=O) groups excluding carboxylic acids is 1. The molecule has 0 amide bonds. The van der Waals surface area contributed by atoms with Crippen LogP contribution in [0.5, 0.6) is 0 Å². The molecule has 2 nitrogen and oxygen atoms in total. The summed E-state index contributed by atoms with van der Waals surface area (Å²) in [7, 11) is 0. The predicted molar refractivity (Wildman–Crippen MR) is 80.1 cm³/mol. The van der Waals surface area contributed by atoms with Crippen LogP contribution in [0.1, 0.15) is 86.0 Å². The zero-order valence-electron chi connectivity index (χ0n) is 13.6. The monoisotopic (exact) mass is 268 g/mol. The van der Waals surface area contributed by atoms with Gasteiger partial charge < -0.3 is 4.74 Å². The Morgan fingerprint density at radius 1 is 1.11 bits per heavy atom. The Kier molecular flexibility index (Phi) is 5.88. The van der Waals surface area contributed by atoms with Gasteiger partial charge in [-0.3, -0.25) is 4.79 Å². The largest absolute Gasteiger partial charge is 0.459 e. The minimum Gasteiger partial charge on any atom is -0.459 e. The van der Waals surface area contributed by atoms with E-state index in [1.54, 1.807) is 0 Å². The van der Waals surface area contributed by atoms with Crippen molar-refractivity contribution in [1.82, 2.24) is 0 Å². The van der Waals surface area contributed by atoms with Gasteiger partial charge in [0.2, 0.25) is 0 Å². The van der Waals surface area contributed by atoms with E-state index in [1.807, 2.05) is 13.8 Å². The molecule has 1 unspecified atom stereocenters. The predicted octanol–water partition coefficient (Wildman–Crippen LogP) is 5.10. The molecule has 1 aliphatic rings. The zero-order chi connectivity index (χ0) is 14.5. The molecule has 1 rings (SSSR count). The fourth-order valence-corrected chi connectivity index (χ4v) is 3.04. The molecule has 0 heterocycles. The van der Waals surface area contributed by atoms with Crippen LogP contribution in [0.15, 0.2) is 0 Å². The third-order valence-electron chi connectivity index (χ3n) is 4.98. The molecule has 112 valence electrons. The second-order valence-corrected chi connectivity index (χ2v) is 7.02. The summed E-state index contributed by atoms with van der Waals surface area (Å²) in [4.78, 5) is 12.4. The molecular weight excluding hydrogens is 236 g/mol. The maximum atomic E-state index is 12.4. The van der Waals surface area contributed by atoms with E-state index < -0.39 is 0 Å². The standard InChI is InChI=1S/C17H32O2/c1-6-13-17(5,14-11-9-8-10-12-14)19-15(18)16(3,4)7-2/h14H,6-13H2,1-5H3. The van der Waals surface area contributed by atoms with Gasteiger partial charge in [-0.15, -0.1) is 0 Å². The SMILES string of the molecule is CCCC(C)(OC(=O)C(C)(C)CC)C1CCCCC1. The maximum absolute atomic E-state index is 12.4. The van der Waals surface area contributed by atoms with Gasteiger partial charge in [0.25, 0.3) is 0 Å². The lowest BCUT2D eigenvalue weighted by Crippen LogP contribution is -2.43. The molecule has 0 aromatic carbocycles. The van der Waals surface area contributed by atoms with E-state index in [2.05, 4.69) is 20.8 Å². The highest BCUT2D eigenvalue weighted by Gasteiger charge is 2.40. The Bertz CT molecular complexity index is 290. The quantitative estimate of drug-likeness (QED) is 0.626. The highest BCUT2D eigenvalue weighted by Crippen LogP contribution is 2.39. The van der Waals surface area contributed by atoms with E-state index in [0.29, 0.717) is 5.92 Å². The van der Waals surface area contributed by atoms with Crippen LogP contribution in [0, 0.1) is 11.3 Å². The highest BCUT2D eigenvalue weighted by molar-refractivity contribution is 5.76. The third kappa shape index (κ3) is 4.22. The van der Waals surface area contributed by atoms with Gasteiger partial charge in [-0.2, -0.15) is 0 Å². The van der Waals surface area contributed by atoms with Crippen LogP contribution >= 0.6 is 0 Å². The van der Waals surface area contributed by atoms with E-state index in [9.17, 15) is 4.79 Å². The Morgan fingerprint density at radius 3 is 2.16 bits per heavy atom. The van der Waals surface area contributed by atoms with Crippen LogP contribution in [-0.2, 0) is 9.53 Å². The van der Waals surface area contributed by atoms with Gasteiger partial charge in [0.15, 0.2) is 0 Å². The van der Waals surface area contributed by atoms with E-state index >= 15 is 0 Å². The first-order valence-corrected chi connectivity index (χ1v) is 8.09. The van der Waals surface area contributed by atoms with Crippen molar-refractivity contribution in [2.24, 2.45) is 11.3 Å². The molecule has 0 spiro atoms. The van der Waals surface area contributed by atoms with E-state index in [1.165, 1.54) is 32.1 Å². The Hall–Kier alpha value is -0.530. The van der Waals surface area contributed by atoms with Gasteiger partial charge in [0.1, 0.15) is 5.60 Å². The van der Waals surface area contributed by atoms with Crippen molar-refractivity contribution in [3.05, 3.63) is 0 Å². The van der Waals surface area contributed by atoms with Gasteiger partial charge in [0, 0.05) is 0 Å².